The van der Waals surface area contributed by atoms with Gasteiger partial charge in [-0.05, 0) is 68.3 Å². The summed E-state index contributed by atoms with van der Waals surface area (Å²) in [6, 6.07) is 0. The van der Waals surface area contributed by atoms with Crippen molar-refractivity contribution in [3.8, 4) is 0 Å². The predicted molar refractivity (Wildman–Crippen MR) is 93.7 cm³/mol. The molecule has 0 aromatic rings. The fourth-order valence-corrected chi connectivity index (χ4v) is 7.20. The first-order valence-electron chi connectivity index (χ1n) is 9.80. The van der Waals surface area contributed by atoms with E-state index in [0.717, 1.165) is 19.3 Å². The van der Waals surface area contributed by atoms with E-state index >= 15 is 0 Å². The van der Waals surface area contributed by atoms with Crippen LogP contribution in [0, 0.1) is 34.5 Å². The van der Waals surface area contributed by atoms with E-state index < -0.39 is 17.6 Å². The molecule has 4 heteroatoms. The second kappa shape index (κ2) is 5.50. The number of carbonyl (C=O) groups is 2. The minimum absolute atomic E-state index is 0.0221. The number of Topliss-reactive ketones (excluding diaryl/α,β-unsaturated/α-hetero) is 1. The molecule has 0 bridgehead atoms. The molecule has 138 valence electrons. The Balaban J connectivity index is 1.75. The third-order valence-electron chi connectivity index (χ3n) is 8.55. The van der Waals surface area contributed by atoms with Gasteiger partial charge in [0.1, 0.15) is 5.78 Å². The minimum Gasteiger partial charge on any atom is -0.393 e. The van der Waals surface area contributed by atoms with Crippen LogP contribution in [0.5, 0.6) is 0 Å². The average Bonchev–Trinajstić information content (AvgIpc) is 2.82. The van der Waals surface area contributed by atoms with E-state index in [1.54, 1.807) is 6.92 Å². The van der Waals surface area contributed by atoms with Gasteiger partial charge in [0.15, 0.2) is 5.78 Å². The number of fused-ring (bicyclic) bond motifs is 5. The molecule has 0 heterocycles. The van der Waals surface area contributed by atoms with E-state index in [-0.39, 0.29) is 34.7 Å². The van der Waals surface area contributed by atoms with E-state index in [0.29, 0.717) is 25.2 Å². The fraction of sp³-hybridized carbons (Fsp3) is 0.810. The third kappa shape index (κ3) is 2.19. The van der Waals surface area contributed by atoms with Crippen LogP contribution >= 0.6 is 0 Å². The second-order valence-corrected chi connectivity index (χ2v) is 9.47. The highest BCUT2D eigenvalue weighted by Crippen LogP contribution is 2.66. The number of carbonyl (C=O) groups excluding carboxylic acids is 2. The van der Waals surface area contributed by atoms with Crippen LogP contribution < -0.4 is 0 Å². The molecule has 0 saturated heterocycles. The van der Waals surface area contributed by atoms with Gasteiger partial charge in [-0.3, -0.25) is 9.59 Å². The maximum Gasteiger partial charge on any atom is 0.155 e. The molecule has 4 aliphatic rings. The average molecular weight is 346 g/mol. The maximum atomic E-state index is 12.2. The molecule has 0 spiro atoms. The summed E-state index contributed by atoms with van der Waals surface area (Å²) in [5.41, 5.74) is 0.679. The Morgan fingerprint density at radius 2 is 1.92 bits per heavy atom. The summed E-state index contributed by atoms with van der Waals surface area (Å²) >= 11 is 0. The van der Waals surface area contributed by atoms with Crippen molar-refractivity contribution < 1.29 is 19.8 Å². The molecule has 4 nitrogen and oxygen atoms in total. The van der Waals surface area contributed by atoms with Gasteiger partial charge in [-0.2, -0.15) is 0 Å². The first kappa shape index (κ1) is 17.4. The molecule has 1 unspecified atom stereocenters. The number of hydrogen-bond donors (Lipinski definition) is 2. The summed E-state index contributed by atoms with van der Waals surface area (Å²) in [4.78, 5) is 24.1. The SMILES string of the molecule is CC(=O)[C@H]1C[C@H](O)[C@H]2[C@@H]3CCC4=CC(=O)CC[C@]4(C)[C@H]3CC(O)[C@@]21C. The molecule has 0 amide bonds. The summed E-state index contributed by atoms with van der Waals surface area (Å²) < 4.78 is 0. The molecule has 25 heavy (non-hydrogen) atoms. The lowest BCUT2D eigenvalue weighted by Crippen LogP contribution is -2.58. The summed E-state index contributed by atoms with van der Waals surface area (Å²) in [6.45, 7) is 5.87. The molecule has 0 radical (unpaired) electrons. The van der Waals surface area contributed by atoms with Crippen molar-refractivity contribution in [3.63, 3.8) is 0 Å². The summed E-state index contributed by atoms with van der Waals surface area (Å²) in [7, 11) is 0. The monoisotopic (exact) mass is 346 g/mol. The zero-order valence-corrected chi connectivity index (χ0v) is 15.5. The normalized spacial score (nSPS) is 52.0. The van der Waals surface area contributed by atoms with Crippen LogP contribution in [0.4, 0.5) is 0 Å². The molecule has 3 fully saturated rings. The highest BCUT2D eigenvalue weighted by molar-refractivity contribution is 5.91. The Morgan fingerprint density at radius 1 is 1.20 bits per heavy atom. The van der Waals surface area contributed by atoms with Crippen LogP contribution in [0.3, 0.4) is 0 Å². The molecule has 4 rings (SSSR count). The van der Waals surface area contributed by atoms with Crippen molar-refractivity contribution in [2.75, 3.05) is 0 Å². The quantitative estimate of drug-likeness (QED) is 0.765. The Bertz CT molecular complexity index is 652. The zero-order valence-electron chi connectivity index (χ0n) is 15.5. The lowest BCUT2D eigenvalue weighted by molar-refractivity contribution is -0.157. The Hall–Kier alpha value is -1.00. The van der Waals surface area contributed by atoms with Crippen molar-refractivity contribution in [2.45, 2.75) is 71.5 Å². The second-order valence-electron chi connectivity index (χ2n) is 9.47. The molecule has 2 N–H and O–H groups in total. The first-order valence-corrected chi connectivity index (χ1v) is 9.80. The Morgan fingerprint density at radius 3 is 2.60 bits per heavy atom. The van der Waals surface area contributed by atoms with Gasteiger partial charge in [0.25, 0.3) is 0 Å². The molecule has 4 aliphatic carbocycles. The molecule has 8 atom stereocenters. The fourth-order valence-electron chi connectivity index (χ4n) is 7.20. The summed E-state index contributed by atoms with van der Waals surface area (Å²) in [5.74, 6) is 0.654. The van der Waals surface area contributed by atoms with E-state index in [1.165, 1.54) is 5.57 Å². The molecule has 3 saturated carbocycles. The molecule has 0 aromatic heterocycles. The number of aliphatic hydroxyl groups is 2. The zero-order chi connectivity index (χ0) is 18.1. The van der Waals surface area contributed by atoms with Gasteiger partial charge in [-0.25, -0.2) is 0 Å². The smallest absolute Gasteiger partial charge is 0.155 e. The summed E-state index contributed by atoms with van der Waals surface area (Å²) in [5, 5.41) is 22.0. The highest BCUT2D eigenvalue weighted by atomic mass is 16.3. The molecular formula is C21H30O4. The van der Waals surface area contributed by atoms with Gasteiger partial charge in [0, 0.05) is 17.8 Å². The van der Waals surface area contributed by atoms with Gasteiger partial charge in [0.2, 0.25) is 0 Å². The number of rotatable bonds is 1. The number of ketones is 2. The van der Waals surface area contributed by atoms with E-state index in [1.807, 2.05) is 13.0 Å². The number of hydrogen-bond acceptors (Lipinski definition) is 4. The Kier molecular flexibility index (Phi) is 3.83. The lowest BCUT2D eigenvalue weighted by Gasteiger charge is -2.59. The maximum absolute atomic E-state index is 12.2. The third-order valence-corrected chi connectivity index (χ3v) is 8.55. The minimum atomic E-state index is -0.571. The number of aliphatic hydroxyl groups excluding tert-OH is 2. The van der Waals surface area contributed by atoms with E-state index in [2.05, 4.69) is 6.92 Å². The first-order chi connectivity index (χ1) is 11.7. The highest BCUT2D eigenvalue weighted by Gasteiger charge is 2.65. The lowest BCUT2D eigenvalue weighted by atomic mass is 9.45. The topological polar surface area (TPSA) is 74.6 Å². The van der Waals surface area contributed by atoms with E-state index in [9.17, 15) is 19.8 Å². The van der Waals surface area contributed by atoms with Crippen LogP contribution in [-0.2, 0) is 9.59 Å². The van der Waals surface area contributed by atoms with Crippen molar-refractivity contribution in [3.05, 3.63) is 11.6 Å². The number of allylic oxidation sites excluding steroid dienone is 1. The Labute approximate surface area is 149 Å². The largest absolute Gasteiger partial charge is 0.393 e. The van der Waals surface area contributed by atoms with Crippen molar-refractivity contribution in [1.29, 1.82) is 0 Å². The van der Waals surface area contributed by atoms with Crippen LogP contribution in [-0.4, -0.2) is 34.0 Å². The van der Waals surface area contributed by atoms with Gasteiger partial charge in [0.05, 0.1) is 12.2 Å². The van der Waals surface area contributed by atoms with Crippen molar-refractivity contribution in [1.82, 2.24) is 0 Å². The van der Waals surface area contributed by atoms with Crippen LogP contribution in [0.1, 0.15) is 59.3 Å². The van der Waals surface area contributed by atoms with Crippen molar-refractivity contribution in [2.24, 2.45) is 34.5 Å². The van der Waals surface area contributed by atoms with Crippen LogP contribution in [0.25, 0.3) is 0 Å². The summed E-state index contributed by atoms with van der Waals surface area (Å²) in [6.07, 6.45) is 5.21. The predicted octanol–water partition coefficient (Wildman–Crippen LogP) is 2.67. The van der Waals surface area contributed by atoms with Crippen LogP contribution in [0.15, 0.2) is 11.6 Å². The van der Waals surface area contributed by atoms with E-state index in [4.69, 9.17) is 0 Å². The van der Waals surface area contributed by atoms with Gasteiger partial charge in [-0.1, -0.05) is 19.4 Å². The van der Waals surface area contributed by atoms with Crippen molar-refractivity contribution >= 4 is 11.6 Å². The van der Waals surface area contributed by atoms with Crippen LogP contribution in [0.2, 0.25) is 0 Å². The molecule has 0 aliphatic heterocycles. The van der Waals surface area contributed by atoms with Gasteiger partial charge in [-0.15, -0.1) is 0 Å². The molecule has 0 aromatic carbocycles. The van der Waals surface area contributed by atoms with Gasteiger partial charge < -0.3 is 10.2 Å². The standard InChI is InChI=1S/C21H30O4/c1-11(22)15-9-17(24)19-14-5-4-12-8-13(23)6-7-20(12,2)16(14)10-18(25)21(15,19)3/h8,14-19,24-25H,4-7,9-10H2,1-3H3/t14-,15-,16+,17+,18?,19-,20+,21+/m1/s1. The van der Waals surface area contributed by atoms with Gasteiger partial charge >= 0.3 is 0 Å². The molecular weight excluding hydrogens is 316 g/mol.